The average Bonchev–Trinajstić information content (AvgIpc) is 3.00. The minimum Gasteiger partial charge on any atom is -0.336 e. The van der Waals surface area contributed by atoms with Crippen LogP contribution in [0.25, 0.3) is 0 Å². The van der Waals surface area contributed by atoms with E-state index in [0.717, 1.165) is 25.7 Å². The number of carbonyl (C=O) groups is 1. The van der Waals surface area contributed by atoms with E-state index in [9.17, 15) is 10.1 Å². The van der Waals surface area contributed by atoms with Crippen molar-refractivity contribution in [2.75, 3.05) is 0 Å². The maximum Gasteiger partial charge on any atom is 0.252 e. The fourth-order valence-electron chi connectivity index (χ4n) is 3.66. The molecule has 1 unspecified atom stereocenters. The second-order valence-corrected chi connectivity index (χ2v) is 6.32. The first-order valence-corrected chi connectivity index (χ1v) is 8.10. The van der Waals surface area contributed by atoms with E-state index in [2.05, 4.69) is 17.5 Å². The summed E-state index contributed by atoms with van der Waals surface area (Å²) in [6, 6.07) is 7.92. The van der Waals surface area contributed by atoms with Crippen LogP contribution in [0.5, 0.6) is 0 Å². The van der Waals surface area contributed by atoms with Gasteiger partial charge in [0.1, 0.15) is 6.04 Å². The number of amides is 1. The van der Waals surface area contributed by atoms with Gasteiger partial charge in [-0.2, -0.15) is 5.26 Å². The van der Waals surface area contributed by atoms with Gasteiger partial charge in [0.15, 0.2) is 0 Å². The largest absolute Gasteiger partial charge is 0.336 e. The van der Waals surface area contributed by atoms with Gasteiger partial charge in [0.25, 0.3) is 5.91 Å². The first-order chi connectivity index (χ1) is 10.3. The molecule has 110 valence electrons. The number of aryl methyl sites for hydroxylation is 2. The number of carbonyl (C=O) groups excluding carboxylic acids is 1. The van der Waals surface area contributed by atoms with Crippen LogP contribution >= 0.6 is 0 Å². The Morgan fingerprint density at radius 2 is 1.90 bits per heavy atom. The van der Waals surface area contributed by atoms with Gasteiger partial charge in [-0.25, -0.2) is 0 Å². The van der Waals surface area contributed by atoms with E-state index < -0.39 is 0 Å². The molecule has 3 heteroatoms. The molecule has 3 nitrogen and oxygen atoms in total. The van der Waals surface area contributed by atoms with Crippen LogP contribution < -0.4 is 5.32 Å². The molecule has 1 amide bonds. The van der Waals surface area contributed by atoms with Gasteiger partial charge < -0.3 is 5.32 Å². The van der Waals surface area contributed by atoms with Crippen LogP contribution in [0.15, 0.2) is 18.2 Å². The lowest BCUT2D eigenvalue weighted by Gasteiger charge is -2.26. The molecule has 21 heavy (non-hydrogen) atoms. The summed E-state index contributed by atoms with van der Waals surface area (Å²) in [6.07, 6.45) is 9.11. The average molecular weight is 282 g/mol. The quantitative estimate of drug-likeness (QED) is 0.924. The lowest BCUT2D eigenvalue weighted by molar-refractivity contribution is 0.0929. The van der Waals surface area contributed by atoms with Crippen molar-refractivity contribution < 1.29 is 4.79 Å². The van der Waals surface area contributed by atoms with Crippen LogP contribution in [0.1, 0.15) is 60.0 Å². The molecule has 0 heterocycles. The van der Waals surface area contributed by atoms with Crippen molar-refractivity contribution in [3.8, 4) is 6.07 Å². The van der Waals surface area contributed by atoms with Crippen LogP contribution in [0.3, 0.4) is 0 Å². The van der Waals surface area contributed by atoms with Crippen LogP contribution in [-0.4, -0.2) is 11.9 Å². The summed E-state index contributed by atoms with van der Waals surface area (Å²) >= 11 is 0. The first-order valence-electron chi connectivity index (χ1n) is 8.10. The van der Waals surface area contributed by atoms with Crippen molar-refractivity contribution in [2.24, 2.45) is 5.92 Å². The van der Waals surface area contributed by atoms with Crippen molar-refractivity contribution in [3.63, 3.8) is 0 Å². The molecule has 1 aromatic carbocycles. The predicted molar refractivity (Wildman–Crippen MR) is 81.9 cm³/mol. The summed E-state index contributed by atoms with van der Waals surface area (Å²) in [7, 11) is 0. The third kappa shape index (κ3) is 3.10. The van der Waals surface area contributed by atoms with Gasteiger partial charge >= 0.3 is 0 Å². The van der Waals surface area contributed by atoms with Crippen molar-refractivity contribution >= 4 is 5.91 Å². The second-order valence-electron chi connectivity index (χ2n) is 6.32. The lowest BCUT2D eigenvalue weighted by Crippen LogP contribution is -2.40. The Morgan fingerprint density at radius 1 is 1.14 bits per heavy atom. The van der Waals surface area contributed by atoms with Gasteiger partial charge in [0.2, 0.25) is 0 Å². The third-order valence-electron chi connectivity index (χ3n) is 4.91. The molecular formula is C18H22N2O. The fraction of sp³-hybridized carbons (Fsp3) is 0.556. The molecule has 3 rings (SSSR count). The molecule has 0 aliphatic heterocycles. The number of rotatable bonds is 3. The standard InChI is InChI=1S/C18H22N2O/c19-12-17(14-5-2-1-3-6-14)20-18(21)16-10-9-13-7-4-8-15(13)11-16/h9-11,14,17H,1-8H2,(H,20,21). The number of nitrogens with zero attached hydrogens (tertiary/aromatic N) is 1. The highest BCUT2D eigenvalue weighted by molar-refractivity contribution is 5.94. The van der Waals surface area contributed by atoms with Crippen molar-refractivity contribution in [1.82, 2.24) is 5.32 Å². The van der Waals surface area contributed by atoms with Gasteiger partial charge in [-0.15, -0.1) is 0 Å². The molecular weight excluding hydrogens is 260 g/mol. The summed E-state index contributed by atoms with van der Waals surface area (Å²) < 4.78 is 0. The number of nitrogens with one attached hydrogen (secondary N) is 1. The highest BCUT2D eigenvalue weighted by Crippen LogP contribution is 2.27. The minimum atomic E-state index is -0.342. The molecule has 1 N–H and O–H groups in total. The maximum absolute atomic E-state index is 12.4. The van der Waals surface area contributed by atoms with Gasteiger partial charge in [-0.05, 0) is 61.3 Å². The summed E-state index contributed by atoms with van der Waals surface area (Å²) in [4.78, 5) is 12.4. The van der Waals surface area contributed by atoms with Crippen molar-refractivity contribution in [2.45, 2.75) is 57.4 Å². The fourth-order valence-corrected chi connectivity index (χ4v) is 3.66. The van der Waals surface area contributed by atoms with Gasteiger partial charge in [-0.3, -0.25) is 4.79 Å². The Labute approximate surface area is 126 Å². The smallest absolute Gasteiger partial charge is 0.252 e. The SMILES string of the molecule is N#CC(NC(=O)c1ccc2c(c1)CCC2)C1CCCCC1. The molecule has 2 aliphatic carbocycles. The summed E-state index contributed by atoms with van der Waals surface area (Å²) in [6.45, 7) is 0. The summed E-state index contributed by atoms with van der Waals surface area (Å²) in [5.74, 6) is 0.226. The third-order valence-corrected chi connectivity index (χ3v) is 4.91. The van der Waals surface area contributed by atoms with Gasteiger partial charge in [-0.1, -0.05) is 25.3 Å². The zero-order valence-electron chi connectivity index (χ0n) is 12.4. The monoisotopic (exact) mass is 282 g/mol. The Balaban J connectivity index is 1.68. The van der Waals surface area contributed by atoms with Crippen LogP contribution in [0, 0.1) is 17.2 Å². The Morgan fingerprint density at radius 3 is 2.67 bits per heavy atom. The topological polar surface area (TPSA) is 52.9 Å². The number of hydrogen-bond donors (Lipinski definition) is 1. The molecule has 0 aromatic heterocycles. The Bertz CT molecular complexity index is 567. The number of hydrogen-bond acceptors (Lipinski definition) is 2. The zero-order chi connectivity index (χ0) is 14.7. The Hall–Kier alpha value is -1.82. The van der Waals surface area contributed by atoms with E-state index in [0.29, 0.717) is 11.5 Å². The van der Waals surface area contributed by atoms with E-state index in [1.165, 1.54) is 36.8 Å². The van der Waals surface area contributed by atoms with E-state index >= 15 is 0 Å². The van der Waals surface area contributed by atoms with Crippen LogP contribution in [-0.2, 0) is 12.8 Å². The number of fused-ring (bicyclic) bond motifs is 1. The minimum absolute atomic E-state index is 0.0955. The molecule has 1 atom stereocenters. The molecule has 0 spiro atoms. The highest BCUT2D eigenvalue weighted by Gasteiger charge is 2.25. The molecule has 2 aliphatic rings. The van der Waals surface area contributed by atoms with E-state index in [4.69, 9.17) is 0 Å². The Kier molecular flexibility index (Phi) is 4.24. The predicted octanol–water partition coefficient (Wildman–Crippen LogP) is 3.38. The zero-order valence-corrected chi connectivity index (χ0v) is 12.4. The first kappa shape index (κ1) is 14.1. The molecule has 1 fully saturated rings. The van der Waals surface area contributed by atoms with Crippen LogP contribution in [0.2, 0.25) is 0 Å². The normalized spacial score (nSPS) is 19.6. The van der Waals surface area contributed by atoms with Gasteiger partial charge in [0, 0.05) is 5.56 Å². The molecule has 0 saturated heterocycles. The number of benzene rings is 1. The van der Waals surface area contributed by atoms with Crippen molar-refractivity contribution in [3.05, 3.63) is 34.9 Å². The maximum atomic E-state index is 12.4. The number of nitriles is 1. The van der Waals surface area contributed by atoms with E-state index in [1.807, 2.05) is 12.1 Å². The highest BCUT2D eigenvalue weighted by atomic mass is 16.1. The summed E-state index contributed by atoms with van der Waals surface area (Å²) in [5, 5.41) is 12.3. The lowest BCUT2D eigenvalue weighted by atomic mass is 9.84. The van der Waals surface area contributed by atoms with Gasteiger partial charge in [0.05, 0.1) is 6.07 Å². The van der Waals surface area contributed by atoms with E-state index in [-0.39, 0.29) is 11.9 Å². The second kappa shape index (κ2) is 6.30. The molecule has 1 saturated carbocycles. The molecule has 0 radical (unpaired) electrons. The molecule has 1 aromatic rings. The van der Waals surface area contributed by atoms with E-state index in [1.54, 1.807) is 0 Å². The van der Waals surface area contributed by atoms with Crippen molar-refractivity contribution in [1.29, 1.82) is 5.26 Å². The summed E-state index contributed by atoms with van der Waals surface area (Å²) in [5.41, 5.74) is 3.37. The molecule has 0 bridgehead atoms. The van der Waals surface area contributed by atoms with Crippen LogP contribution in [0.4, 0.5) is 0 Å².